The molecule has 0 aliphatic rings. The highest BCUT2D eigenvalue weighted by atomic mass is 16.5. The molecule has 0 spiro atoms. The third-order valence-electron chi connectivity index (χ3n) is 12.7. The summed E-state index contributed by atoms with van der Waals surface area (Å²) in [6.45, 7) is 6.38. The lowest BCUT2D eigenvalue weighted by Gasteiger charge is -2.24. The third-order valence-corrected chi connectivity index (χ3v) is 12.7. The van der Waals surface area contributed by atoms with Crippen molar-refractivity contribution in [1.82, 2.24) is 5.32 Å². The Balaban J connectivity index is 4.58. The van der Waals surface area contributed by atoms with Gasteiger partial charge in [-0.2, -0.15) is 0 Å². The summed E-state index contributed by atoms with van der Waals surface area (Å²) < 4.78 is 5.93. The highest BCUT2D eigenvalue weighted by molar-refractivity contribution is 5.77. The van der Waals surface area contributed by atoms with E-state index in [9.17, 15) is 19.8 Å². The molecular weight excluding hydrogens is 791 g/mol. The van der Waals surface area contributed by atoms with Gasteiger partial charge in [-0.3, -0.25) is 9.59 Å². The van der Waals surface area contributed by atoms with Crippen molar-refractivity contribution in [2.24, 2.45) is 0 Å². The van der Waals surface area contributed by atoms with E-state index in [-0.39, 0.29) is 24.9 Å². The molecule has 3 N–H and O–H groups in total. The van der Waals surface area contributed by atoms with Crippen molar-refractivity contribution in [1.29, 1.82) is 0 Å². The van der Waals surface area contributed by atoms with Crippen LogP contribution in [-0.2, 0) is 14.3 Å². The van der Waals surface area contributed by atoms with E-state index in [4.69, 9.17) is 4.74 Å². The van der Waals surface area contributed by atoms with Gasteiger partial charge in [-0.05, 0) is 57.8 Å². The molecule has 1 amide bonds. The number of allylic oxidation sites excluding steroid dienone is 8. The number of nitrogens with one attached hydrogen (secondary N) is 1. The first-order chi connectivity index (χ1) is 31.5. The van der Waals surface area contributed by atoms with Gasteiger partial charge >= 0.3 is 5.97 Å². The van der Waals surface area contributed by atoms with Crippen LogP contribution < -0.4 is 5.32 Å². The molecule has 0 rings (SSSR count). The zero-order valence-electron chi connectivity index (χ0n) is 42.7. The van der Waals surface area contributed by atoms with E-state index in [1.807, 2.05) is 0 Å². The van der Waals surface area contributed by atoms with Gasteiger partial charge in [0.15, 0.2) is 0 Å². The molecule has 0 radical (unpaired) electrons. The monoisotopic (exact) mass is 898 g/mol. The van der Waals surface area contributed by atoms with Crippen molar-refractivity contribution in [3.63, 3.8) is 0 Å². The molecule has 0 bridgehead atoms. The maximum Gasteiger partial charge on any atom is 0.306 e. The lowest BCUT2D eigenvalue weighted by molar-refractivity contribution is -0.151. The number of aliphatic hydroxyl groups excluding tert-OH is 2. The molecule has 0 aliphatic heterocycles. The minimum absolute atomic E-state index is 0.0427. The van der Waals surface area contributed by atoms with E-state index in [1.165, 1.54) is 161 Å². The first-order valence-electron chi connectivity index (χ1n) is 27.9. The van der Waals surface area contributed by atoms with Crippen molar-refractivity contribution < 1.29 is 24.5 Å². The Kier molecular flexibility index (Phi) is 50.0. The third kappa shape index (κ3) is 46.4. The number of carbonyl (C=O) groups is 2. The molecule has 374 valence electrons. The molecule has 6 heteroatoms. The minimum atomic E-state index is -0.801. The molecule has 0 saturated heterocycles. The van der Waals surface area contributed by atoms with Crippen molar-refractivity contribution >= 4 is 11.9 Å². The average Bonchev–Trinajstić information content (AvgIpc) is 3.29. The molecule has 3 atom stereocenters. The largest absolute Gasteiger partial charge is 0.462 e. The van der Waals surface area contributed by atoms with Crippen LogP contribution in [0.25, 0.3) is 0 Å². The van der Waals surface area contributed by atoms with Crippen LogP contribution in [0.3, 0.4) is 0 Å². The molecule has 0 heterocycles. The molecule has 0 aliphatic carbocycles. The van der Waals surface area contributed by atoms with E-state index in [0.29, 0.717) is 19.3 Å². The molecule has 0 aromatic heterocycles. The summed E-state index contributed by atoms with van der Waals surface area (Å²) in [5.74, 6) is -0.517. The summed E-state index contributed by atoms with van der Waals surface area (Å²) in [7, 11) is 0. The number of aliphatic hydroxyl groups is 2. The molecule has 64 heavy (non-hydrogen) atoms. The number of rotatable bonds is 50. The van der Waals surface area contributed by atoms with Gasteiger partial charge in [0.05, 0.1) is 25.2 Å². The molecule has 0 saturated carbocycles. The van der Waals surface area contributed by atoms with Crippen molar-refractivity contribution in [2.75, 3.05) is 6.61 Å². The first kappa shape index (κ1) is 61.8. The first-order valence-corrected chi connectivity index (χ1v) is 27.9. The quantitative estimate of drug-likeness (QED) is 0.0321. The van der Waals surface area contributed by atoms with Crippen LogP contribution in [0, 0.1) is 0 Å². The number of unbranched alkanes of at least 4 members (excludes halogenated alkanes) is 30. The zero-order valence-corrected chi connectivity index (χ0v) is 42.7. The number of carbonyl (C=O) groups excluding carboxylic acids is 2. The van der Waals surface area contributed by atoms with E-state index < -0.39 is 18.2 Å². The molecular formula is C58H107NO5. The molecule has 6 nitrogen and oxygen atoms in total. The number of esters is 1. The second kappa shape index (κ2) is 51.8. The van der Waals surface area contributed by atoms with E-state index >= 15 is 0 Å². The highest BCUT2D eigenvalue weighted by Crippen LogP contribution is 2.18. The van der Waals surface area contributed by atoms with Crippen LogP contribution in [-0.4, -0.2) is 46.9 Å². The summed E-state index contributed by atoms with van der Waals surface area (Å²) >= 11 is 0. The SMILES string of the molecule is CC/C=C/C/C=C/C/C=C/C/C=C/CCCC(CC(=O)NC(CO)C(O)CCCCCCCCCCCCCCC)OC(=O)CCCCCCCCCCCCCCCCCCCC. The van der Waals surface area contributed by atoms with Crippen LogP contribution in [0.5, 0.6) is 0 Å². The van der Waals surface area contributed by atoms with E-state index in [0.717, 1.165) is 77.0 Å². The fraction of sp³-hybridized carbons (Fsp3) is 0.828. The molecule has 0 fully saturated rings. The summed E-state index contributed by atoms with van der Waals surface area (Å²) in [6, 6.07) is -0.717. The summed E-state index contributed by atoms with van der Waals surface area (Å²) in [6.07, 6.45) is 63.3. The Labute approximate surface area is 397 Å². The van der Waals surface area contributed by atoms with Crippen molar-refractivity contribution in [3.8, 4) is 0 Å². The van der Waals surface area contributed by atoms with Gasteiger partial charge in [0.2, 0.25) is 5.91 Å². The van der Waals surface area contributed by atoms with Crippen LogP contribution in [0.15, 0.2) is 48.6 Å². The highest BCUT2D eigenvalue weighted by Gasteiger charge is 2.24. The Morgan fingerprint density at radius 2 is 0.844 bits per heavy atom. The zero-order chi connectivity index (χ0) is 46.7. The van der Waals surface area contributed by atoms with E-state index in [2.05, 4.69) is 74.7 Å². The van der Waals surface area contributed by atoms with Crippen LogP contribution in [0.2, 0.25) is 0 Å². The smallest absolute Gasteiger partial charge is 0.306 e. The van der Waals surface area contributed by atoms with Crippen molar-refractivity contribution in [2.45, 2.75) is 302 Å². The fourth-order valence-electron chi connectivity index (χ4n) is 8.49. The maximum atomic E-state index is 13.2. The Bertz CT molecular complexity index is 1100. The lowest BCUT2D eigenvalue weighted by Crippen LogP contribution is -2.46. The summed E-state index contributed by atoms with van der Waals surface area (Å²) in [5, 5.41) is 23.8. The lowest BCUT2D eigenvalue weighted by atomic mass is 10.0. The molecule has 0 aromatic carbocycles. The number of ether oxygens (including phenoxy) is 1. The van der Waals surface area contributed by atoms with Gasteiger partial charge in [-0.1, -0.05) is 262 Å². The van der Waals surface area contributed by atoms with E-state index in [1.54, 1.807) is 0 Å². The van der Waals surface area contributed by atoms with Gasteiger partial charge < -0.3 is 20.3 Å². The number of amides is 1. The maximum absolute atomic E-state index is 13.2. The van der Waals surface area contributed by atoms with Gasteiger partial charge in [0.25, 0.3) is 0 Å². The Hall–Kier alpha value is -2.18. The van der Waals surface area contributed by atoms with Gasteiger partial charge in [0.1, 0.15) is 6.10 Å². The summed E-state index contributed by atoms with van der Waals surface area (Å²) in [4.78, 5) is 26.2. The van der Waals surface area contributed by atoms with Gasteiger partial charge in [-0.15, -0.1) is 0 Å². The fourth-order valence-corrected chi connectivity index (χ4v) is 8.49. The average molecular weight is 898 g/mol. The number of hydrogen-bond donors (Lipinski definition) is 3. The standard InChI is InChI=1S/C58H107NO5/c1-4-7-10-13-16-19-22-25-27-28-29-30-33-36-39-42-45-48-51-58(63)64-54(49-46-43-40-37-34-32-26-23-20-17-14-11-8-5-2)52-57(62)59-55(53-60)56(61)50-47-44-41-38-35-31-24-21-18-15-12-9-6-3/h8,11,17,20,26,32,37,40,54-56,60-61H,4-7,9-10,12-16,18-19,21-25,27-31,33-36,38-39,41-53H2,1-3H3,(H,59,62)/b11-8+,20-17+,32-26+,40-37+. The topological polar surface area (TPSA) is 95.9 Å². The second-order valence-electron chi connectivity index (χ2n) is 19.0. The molecule has 3 unspecified atom stereocenters. The summed E-state index contributed by atoms with van der Waals surface area (Å²) in [5.41, 5.74) is 0. The number of hydrogen-bond acceptors (Lipinski definition) is 5. The minimum Gasteiger partial charge on any atom is -0.462 e. The van der Waals surface area contributed by atoms with Crippen LogP contribution in [0.1, 0.15) is 284 Å². The van der Waals surface area contributed by atoms with Gasteiger partial charge in [-0.25, -0.2) is 0 Å². The molecule has 0 aromatic rings. The predicted molar refractivity (Wildman–Crippen MR) is 278 cm³/mol. The predicted octanol–water partition coefficient (Wildman–Crippen LogP) is 17.0. The van der Waals surface area contributed by atoms with Crippen LogP contribution in [0.4, 0.5) is 0 Å². The van der Waals surface area contributed by atoms with Gasteiger partial charge in [0, 0.05) is 6.42 Å². The Morgan fingerprint density at radius 1 is 0.469 bits per heavy atom. The normalized spacial score (nSPS) is 13.5. The Morgan fingerprint density at radius 3 is 1.25 bits per heavy atom. The van der Waals surface area contributed by atoms with Crippen LogP contribution >= 0.6 is 0 Å². The second-order valence-corrected chi connectivity index (χ2v) is 19.0. The van der Waals surface area contributed by atoms with Crippen molar-refractivity contribution in [3.05, 3.63) is 48.6 Å².